The number of hydrogen-bond acceptors (Lipinski definition) is 2. The summed E-state index contributed by atoms with van der Waals surface area (Å²) in [6.45, 7) is 0. The van der Waals surface area contributed by atoms with Crippen LogP contribution in [0.25, 0.3) is 11.1 Å². The first kappa shape index (κ1) is 9.75. The second kappa shape index (κ2) is 3.11. The zero-order chi connectivity index (χ0) is 10.3. The summed E-state index contributed by atoms with van der Waals surface area (Å²) < 4.78 is 41.9. The maximum atomic E-state index is 12.2. The van der Waals surface area contributed by atoms with E-state index in [4.69, 9.17) is 0 Å². The van der Waals surface area contributed by atoms with Crippen LogP contribution in [0.15, 0.2) is 22.6 Å². The molecular weight excluding hydrogens is 310 g/mol. The minimum atomic E-state index is -4.52. The summed E-state index contributed by atoms with van der Waals surface area (Å²) in [5, 5.41) is 0. The Morgan fingerprint density at radius 3 is 2.64 bits per heavy atom. The monoisotopic (exact) mass is 313 g/mol. The number of oxazole rings is 1. The Labute approximate surface area is 90.3 Å². The molecule has 0 aliphatic heterocycles. The van der Waals surface area contributed by atoms with Gasteiger partial charge in [-0.25, -0.2) is 4.98 Å². The Hall–Kier alpha value is -0.790. The van der Waals surface area contributed by atoms with Gasteiger partial charge in [0.25, 0.3) is 0 Å². The van der Waals surface area contributed by atoms with Gasteiger partial charge < -0.3 is 4.42 Å². The second-order valence-corrected chi connectivity index (χ2v) is 3.87. The Bertz CT molecular complexity index is 477. The number of nitrogens with zero attached hydrogens (tertiary/aromatic N) is 1. The molecule has 2 nitrogen and oxygen atoms in total. The Kier molecular flexibility index (Phi) is 2.17. The van der Waals surface area contributed by atoms with Gasteiger partial charge in [0.05, 0.1) is 0 Å². The van der Waals surface area contributed by atoms with E-state index in [1.54, 1.807) is 6.07 Å². The minimum Gasteiger partial charge on any atom is -0.433 e. The van der Waals surface area contributed by atoms with Gasteiger partial charge in [-0.2, -0.15) is 13.2 Å². The molecule has 0 unspecified atom stereocenters. The minimum absolute atomic E-state index is 0.157. The van der Waals surface area contributed by atoms with Crippen molar-refractivity contribution in [2.24, 2.45) is 0 Å². The number of rotatable bonds is 0. The Balaban J connectivity index is 2.63. The lowest BCUT2D eigenvalue weighted by atomic mass is 10.3. The Morgan fingerprint density at radius 2 is 2.00 bits per heavy atom. The topological polar surface area (TPSA) is 26.0 Å². The highest BCUT2D eigenvalue weighted by atomic mass is 127. The molecular formula is C8H3F3INO. The van der Waals surface area contributed by atoms with Crippen LogP contribution in [0.4, 0.5) is 13.2 Å². The molecule has 0 saturated heterocycles. The molecule has 1 aromatic carbocycles. The van der Waals surface area contributed by atoms with Crippen LogP contribution >= 0.6 is 22.6 Å². The van der Waals surface area contributed by atoms with Gasteiger partial charge in [0.2, 0.25) is 0 Å². The largest absolute Gasteiger partial charge is 0.468 e. The third-order valence-electron chi connectivity index (χ3n) is 1.59. The van der Waals surface area contributed by atoms with Crippen molar-refractivity contribution in [3.63, 3.8) is 0 Å². The summed E-state index contributed by atoms with van der Waals surface area (Å²) in [7, 11) is 0. The van der Waals surface area contributed by atoms with E-state index in [1.165, 1.54) is 12.1 Å². The highest BCUT2D eigenvalue weighted by Crippen LogP contribution is 2.31. The van der Waals surface area contributed by atoms with E-state index >= 15 is 0 Å². The molecule has 0 N–H and O–H groups in total. The van der Waals surface area contributed by atoms with Crippen molar-refractivity contribution in [1.29, 1.82) is 0 Å². The lowest BCUT2D eigenvalue weighted by molar-refractivity contribution is -0.156. The second-order valence-electron chi connectivity index (χ2n) is 2.63. The quantitative estimate of drug-likeness (QED) is 0.696. The molecule has 0 spiro atoms. The van der Waals surface area contributed by atoms with E-state index < -0.39 is 12.1 Å². The molecule has 0 saturated carbocycles. The van der Waals surface area contributed by atoms with E-state index in [0.717, 1.165) is 3.57 Å². The van der Waals surface area contributed by atoms with Gasteiger partial charge in [-0.3, -0.25) is 0 Å². The summed E-state index contributed by atoms with van der Waals surface area (Å²) in [5.74, 6) is -1.20. The average Bonchev–Trinajstić information content (AvgIpc) is 2.45. The van der Waals surface area contributed by atoms with Gasteiger partial charge in [0.1, 0.15) is 5.52 Å². The van der Waals surface area contributed by atoms with Crippen LogP contribution < -0.4 is 0 Å². The highest BCUT2D eigenvalue weighted by Gasteiger charge is 2.37. The molecule has 2 aromatic rings. The van der Waals surface area contributed by atoms with Crippen molar-refractivity contribution >= 4 is 33.7 Å². The molecule has 6 heteroatoms. The summed E-state index contributed by atoms with van der Waals surface area (Å²) >= 11 is 1.99. The summed E-state index contributed by atoms with van der Waals surface area (Å²) in [6.07, 6.45) is -4.52. The number of aromatic nitrogens is 1. The summed E-state index contributed by atoms with van der Waals surface area (Å²) in [4.78, 5) is 3.33. The predicted octanol–water partition coefficient (Wildman–Crippen LogP) is 3.45. The number of alkyl halides is 3. The first-order valence-electron chi connectivity index (χ1n) is 3.60. The highest BCUT2D eigenvalue weighted by molar-refractivity contribution is 14.1. The van der Waals surface area contributed by atoms with E-state index in [2.05, 4.69) is 9.40 Å². The lowest BCUT2D eigenvalue weighted by Gasteiger charge is -1.97. The fraction of sp³-hybridized carbons (Fsp3) is 0.125. The van der Waals surface area contributed by atoms with Gasteiger partial charge in [0, 0.05) is 3.57 Å². The molecule has 14 heavy (non-hydrogen) atoms. The molecule has 1 aromatic heterocycles. The molecule has 2 rings (SSSR count). The summed E-state index contributed by atoms with van der Waals surface area (Å²) in [5.41, 5.74) is 0.377. The van der Waals surface area contributed by atoms with E-state index in [-0.39, 0.29) is 11.1 Å². The SMILES string of the molecule is FC(F)(F)c1nc2ccc(I)cc2o1. The van der Waals surface area contributed by atoms with E-state index in [9.17, 15) is 13.2 Å². The number of hydrogen-bond donors (Lipinski definition) is 0. The molecule has 0 aliphatic carbocycles. The zero-order valence-corrected chi connectivity index (χ0v) is 8.76. The van der Waals surface area contributed by atoms with Crippen LogP contribution in [-0.4, -0.2) is 4.98 Å². The van der Waals surface area contributed by atoms with Crippen molar-refractivity contribution in [3.05, 3.63) is 27.7 Å². The van der Waals surface area contributed by atoms with Crippen molar-refractivity contribution in [2.45, 2.75) is 6.18 Å². The van der Waals surface area contributed by atoms with Crippen molar-refractivity contribution in [1.82, 2.24) is 4.98 Å². The van der Waals surface area contributed by atoms with Gasteiger partial charge in [-0.15, -0.1) is 0 Å². The van der Waals surface area contributed by atoms with Gasteiger partial charge in [0.15, 0.2) is 5.58 Å². The third kappa shape index (κ3) is 1.70. The van der Waals surface area contributed by atoms with E-state index in [1.807, 2.05) is 22.6 Å². The molecule has 0 fully saturated rings. The van der Waals surface area contributed by atoms with Crippen molar-refractivity contribution in [2.75, 3.05) is 0 Å². The van der Waals surface area contributed by atoms with Crippen LogP contribution in [0.2, 0.25) is 0 Å². The van der Waals surface area contributed by atoms with Crippen LogP contribution in [0.1, 0.15) is 5.89 Å². The fourth-order valence-electron chi connectivity index (χ4n) is 1.02. The normalized spacial score (nSPS) is 12.3. The molecule has 0 radical (unpaired) electrons. The van der Waals surface area contributed by atoms with E-state index in [0.29, 0.717) is 0 Å². The molecule has 0 bridgehead atoms. The summed E-state index contributed by atoms with van der Waals surface area (Å²) in [6, 6.07) is 4.68. The third-order valence-corrected chi connectivity index (χ3v) is 2.26. The Morgan fingerprint density at radius 1 is 1.29 bits per heavy atom. The zero-order valence-electron chi connectivity index (χ0n) is 6.60. The maximum Gasteiger partial charge on any atom is 0.468 e. The molecule has 1 heterocycles. The van der Waals surface area contributed by atoms with Gasteiger partial charge in [-0.05, 0) is 40.8 Å². The lowest BCUT2D eigenvalue weighted by Crippen LogP contribution is -2.04. The van der Waals surface area contributed by atoms with Crippen molar-refractivity contribution in [3.8, 4) is 0 Å². The predicted molar refractivity (Wildman–Crippen MR) is 51.7 cm³/mol. The average molecular weight is 313 g/mol. The molecule has 74 valence electrons. The van der Waals surface area contributed by atoms with Gasteiger partial charge >= 0.3 is 12.1 Å². The van der Waals surface area contributed by atoms with Gasteiger partial charge in [-0.1, -0.05) is 0 Å². The number of benzene rings is 1. The van der Waals surface area contributed by atoms with Crippen LogP contribution in [0.5, 0.6) is 0 Å². The standard InChI is InChI=1S/C8H3F3INO/c9-8(10,11)7-13-5-2-1-4(12)3-6(5)14-7/h1-3H. The van der Waals surface area contributed by atoms with Crippen LogP contribution in [0, 0.1) is 3.57 Å². The maximum absolute atomic E-state index is 12.2. The number of halogens is 4. The van der Waals surface area contributed by atoms with Crippen molar-refractivity contribution < 1.29 is 17.6 Å². The molecule has 0 amide bonds. The number of fused-ring (bicyclic) bond motifs is 1. The first-order chi connectivity index (χ1) is 6.47. The fourth-order valence-corrected chi connectivity index (χ4v) is 1.48. The molecule has 0 aliphatic rings. The smallest absolute Gasteiger partial charge is 0.433 e. The van der Waals surface area contributed by atoms with Crippen LogP contribution in [-0.2, 0) is 6.18 Å². The van der Waals surface area contributed by atoms with Crippen LogP contribution in [0.3, 0.4) is 0 Å². The first-order valence-corrected chi connectivity index (χ1v) is 4.68. The molecule has 0 atom stereocenters.